The molecule has 1 aromatic rings. The molecule has 1 amide bonds. The van der Waals surface area contributed by atoms with Crippen LogP contribution in [0.1, 0.15) is 38.0 Å². The molecule has 9 heteroatoms. The van der Waals surface area contributed by atoms with Crippen LogP contribution in [0.5, 0.6) is 0 Å². The Balaban J connectivity index is 2.07. The molecule has 1 fully saturated rings. The monoisotopic (exact) mass is 413 g/mol. The van der Waals surface area contributed by atoms with Crippen molar-refractivity contribution in [2.45, 2.75) is 38.5 Å². The molecule has 2 rings (SSSR count). The first-order chi connectivity index (χ1) is 13.1. The highest BCUT2D eigenvalue weighted by atomic mass is 35.5. The highest BCUT2D eigenvalue weighted by Gasteiger charge is 2.33. The van der Waals surface area contributed by atoms with E-state index in [9.17, 15) is 19.4 Å². The maximum atomic E-state index is 13.6. The first kappa shape index (κ1) is 22.4. The summed E-state index contributed by atoms with van der Waals surface area (Å²) in [6.45, 7) is 6.27. The minimum Gasteiger partial charge on any atom is -0.444 e. The molecule has 28 heavy (non-hydrogen) atoms. The fourth-order valence-corrected chi connectivity index (χ4v) is 3.37. The number of benzene rings is 1. The summed E-state index contributed by atoms with van der Waals surface area (Å²) in [6, 6.07) is 3.72. The van der Waals surface area contributed by atoms with Crippen molar-refractivity contribution in [1.82, 2.24) is 9.80 Å². The molecule has 1 saturated heterocycles. The second kappa shape index (κ2) is 9.05. The van der Waals surface area contributed by atoms with Gasteiger partial charge in [-0.15, -0.1) is 0 Å². The highest BCUT2D eigenvalue weighted by Crippen LogP contribution is 2.29. The average Bonchev–Trinajstić information content (AvgIpc) is 2.60. The summed E-state index contributed by atoms with van der Waals surface area (Å²) < 4.78 is 19.0. The van der Waals surface area contributed by atoms with E-state index in [2.05, 4.69) is 0 Å². The van der Waals surface area contributed by atoms with Gasteiger partial charge in [0.1, 0.15) is 23.1 Å². The minimum atomic E-state index is -1.08. The Morgan fingerprint density at radius 1 is 1.46 bits per heavy atom. The smallest absolute Gasteiger partial charge is 0.410 e. The lowest BCUT2D eigenvalue weighted by Crippen LogP contribution is -2.57. The van der Waals surface area contributed by atoms with Crippen LogP contribution in [0.3, 0.4) is 0 Å². The Bertz CT molecular complexity index is 763. The van der Waals surface area contributed by atoms with Crippen LogP contribution in [0.25, 0.3) is 0 Å². The van der Waals surface area contributed by atoms with Crippen molar-refractivity contribution in [3.63, 3.8) is 0 Å². The summed E-state index contributed by atoms with van der Waals surface area (Å²) in [4.78, 5) is 15.6. The third kappa shape index (κ3) is 5.32. The lowest BCUT2D eigenvalue weighted by Gasteiger charge is -2.41. The minimum absolute atomic E-state index is 0.115. The van der Waals surface area contributed by atoms with E-state index in [1.807, 2.05) is 4.90 Å². The van der Waals surface area contributed by atoms with Crippen molar-refractivity contribution < 1.29 is 24.1 Å². The molecule has 1 unspecified atom stereocenters. The number of aliphatic hydroxyl groups excluding tert-OH is 2. The predicted molar refractivity (Wildman–Crippen MR) is 101 cm³/mol. The van der Waals surface area contributed by atoms with Crippen LogP contribution in [0.4, 0.5) is 9.18 Å². The van der Waals surface area contributed by atoms with Gasteiger partial charge in [0.15, 0.2) is 0 Å². The molecule has 2 atom stereocenters. The Morgan fingerprint density at radius 3 is 2.71 bits per heavy atom. The molecule has 0 saturated carbocycles. The molecule has 7 nitrogen and oxygen atoms in total. The summed E-state index contributed by atoms with van der Waals surface area (Å²) in [7, 11) is 0. The van der Waals surface area contributed by atoms with Crippen LogP contribution < -0.4 is 0 Å². The number of rotatable bonds is 4. The predicted octanol–water partition coefficient (Wildman–Crippen LogP) is 2.30. The van der Waals surface area contributed by atoms with Gasteiger partial charge in [-0.3, -0.25) is 4.90 Å². The maximum absolute atomic E-state index is 13.6. The molecule has 1 heterocycles. The van der Waals surface area contributed by atoms with Crippen molar-refractivity contribution in [3.8, 4) is 6.07 Å². The van der Waals surface area contributed by atoms with Gasteiger partial charge in [-0.25, -0.2) is 9.18 Å². The molecule has 2 N–H and O–H groups in total. The van der Waals surface area contributed by atoms with E-state index in [1.165, 1.54) is 11.0 Å². The second-order valence-electron chi connectivity index (χ2n) is 7.71. The van der Waals surface area contributed by atoms with Crippen LogP contribution >= 0.6 is 11.6 Å². The number of hydrogen-bond donors (Lipinski definition) is 2. The van der Waals surface area contributed by atoms with Crippen LogP contribution in [0, 0.1) is 17.1 Å². The number of ether oxygens (including phenoxy) is 1. The van der Waals surface area contributed by atoms with Gasteiger partial charge in [0, 0.05) is 31.7 Å². The lowest BCUT2D eigenvalue weighted by atomic mass is 10.0. The van der Waals surface area contributed by atoms with Crippen LogP contribution in [-0.2, 0) is 4.74 Å². The first-order valence-corrected chi connectivity index (χ1v) is 9.34. The largest absolute Gasteiger partial charge is 0.444 e. The zero-order chi connectivity index (χ0) is 21.1. The van der Waals surface area contributed by atoms with Crippen molar-refractivity contribution in [1.29, 1.82) is 5.26 Å². The second-order valence-corrected chi connectivity index (χ2v) is 8.09. The normalized spacial score (nSPS) is 19.2. The average molecular weight is 414 g/mol. The number of amides is 1. The molecule has 0 spiro atoms. The molecule has 154 valence electrons. The molecule has 0 radical (unpaired) electrons. The number of aliphatic hydroxyl groups is 2. The number of nitrogens with zero attached hydrogens (tertiary/aromatic N) is 3. The van der Waals surface area contributed by atoms with E-state index >= 15 is 0 Å². The van der Waals surface area contributed by atoms with E-state index in [4.69, 9.17) is 21.6 Å². The first-order valence-electron chi connectivity index (χ1n) is 8.96. The summed E-state index contributed by atoms with van der Waals surface area (Å²) >= 11 is 6.06. The topological polar surface area (TPSA) is 97.0 Å². The zero-order valence-corrected chi connectivity index (χ0v) is 16.9. The SMILES string of the molecule is CC(C)(C)OC(=O)N1CCN(CC(O)c2ccc(F)c(C#N)c2Cl)[C@H](CO)C1. The van der Waals surface area contributed by atoms with Crippen molar-refractivity contribution in [3.05, 3.63) is 34.1 Å². The van der Waals surface area contributed by atoms with Crippen molar-refractivity contribution in [2.75, 3.05) is 32.8 Å². The number of hydrogen-bond acceptors (Lipinski definition) is 6. The molecule has 0 bridgehead atoms. The van der Waals surface area contributed by atoms with E-state index in [-0.39, 0.29) is 35.8 Å². The van der Waals surface area contributed by atoms with Gasteiger partial charge in [-0.2, -0.15) is 5.26 Å². The van der Waals surface area contributed by atoms with Gasteiger partial charge < -0.3 is 19.8 Å². The Morgan fingerprint density at radius 2 is 2.14 bits per heavy atom. The molecule has 0 aromatic heterocycles. The Kier molecular flexibility index (Phi) is 7.23. The highest BCUT2D eigenvalue weighted by molar-refractivity contribution is 6.32. The third-order valence-electron chi connectivity index (χ3n) is 4.47. The number of halogens is 2. The summed E-state index contributed by atoms with van der Waals surface area (Å²) in [5.41, 5.74) is -0.686. The van der Waals surface area contributed by atoms with Crippen LogP contribution in [-0.4, -0.2) is 70.5 Å². The van der Waals surface area contributed by atoms with Crippen LogP contribution in [0.15, 0.2) is 12.1 Å². The molecule has 1 aromatic carbocycles. The van der Waals surface area contributed by atoms with Gasteiger partial charge in [-0.05, 0) is 26.8 Å². The van der Waals surface area contributed by atoms with E-state index in [0.717, 1.165) is 6.07 Å². The summed E-state index contributed by atoms with van der Waals surface area (Å²) in [6.07, 6.45) is -1.53. The third-order valence-corrected chi connectivity index (χ3v) is 4.87. The molecule has 1 aliphatic rings. The fraction of sp³-hybridized carbons (Fsp3) is 0.579. The van der Waals surface area contributed by atoms with E-state index < -0.39 is 29.7 Å². The van der Waals surface area contributed by atoms with Gasteiger partial charge >= 0.3 is 6.09 Å². The van der Waals surface area contributed by atoms with Gasteiger partial charge in [0.2, 0.25) is 0 Å². The fourth-order valence-electron chi connectivity index (χ4n) is 3.05. The van der Waals surface area contributed by atoms with Crippen molar-refractivity contribution in [2.24, 2.45) is 0 Å². The van der Waals surface area contributed by atoms with Crippen molar-refractivity contribution >= 4 is 17.7 Å². The van der Waals surface area contributed by atoms with Gasteiger partial charge in [0.05, 0.1) is 23.8 Å². The number of carbonyl (C=O) groups is 1. The molecular weight excluding hydrogens is 389 g/mol. The summed E-state index contributed by atoms with van der Waals surface area (Å²) in [5, 5.41) is 29.2. The zero-order valence-electron chi connectivity index (χ0n) is 16.2. The Hall–Kier alpha value is -1.92. The van der Waals surface area contributed by atoms with Gasteiger partial charge in [0.25, 0.3) is 0 Å². The number of piperazine rings is 1. The quantitative estimate of drug-likeness (QED) is 0.786. The molecule has 0 aliphatic carbocycles. The lowest BCUT2D eigenvalue weighted by molar-refractivity contribution is -0.0147. The molecular formula is C19H25ClFN3O4. The van der Waals surface area contributed by atoms with Gasteiger partial charge in [-0.1, -0.05) is 17.7 Å². The number of carbonyl (C=O) groups excluding carboxylic acids is 1. The number of β-amino-alcohol motifs (C(OH)–C–C–N with tert-alkyl or cyclic N) is 1. The van der Waals surface area contributed by atoms with Crippen LogP contribution in [0.2, 0.25) is 5.02 Å². The summed E-state index contributed by atoms with van der Waals surface area (Å²) in [5.74, 6) is -0.748. The maximum Gasteiger partial charge on any atom is 0.410 e. The standard InChI is InChI=1S/C19H25ClFN3O4/c1-19(2,3)28-18(27)24-7-6-23(12(9-24)11-25)10-16(26)13-4-5-15(21)14(8-22)17(13)20/h4-5,12,16,25-26H,6-7,9-11H2,1-3H3/t12-,16?/m0/s1. The van der Waals surface area contributed by atoms with E-state index in [1.54, 1.807) is 26.8 Å². The van der Waals surface area contributed by atoms with E-state index in [0.29, 0.717) is 13.1 Å². The molecule has 1 aliphatic heterocycles. The Labute approximate surface area is 168 Å². The number of nitriles is 1.